The van der Waals surface area contributed by atoms with Crippen LogP contribution in [-0.2, 0) is 10.0 Å². The molecule has 0 N–H and O–H groups in total. The summed E-state index contributed by atoms with van der Waals surface area (Å²) in [5.41, 5.74) is -0.00595. The second-order valence-electron chi connectivity index (χ2n) is 6.59. The summed E-state index contributed by atoms with van der Waals surface area (Å²) in [5, 5.41) is 0. The summed E-state index contributed by atoms with van der Waals surface area (Å²) in [5.74, 6) is -0.188. The van der Waals surface area contributed by atoms with Gasteiger partial charge in [0, 0.05) is 32.2 Å². The van der Waals surface area contributed by atoms with Gasteiger partial charge in [0.15, 0.2) is 0 Å². The van der Waals surface area contributed by atoms with Crippen LogP contribution in [0.5, 0.6) is 17.2 Å². The van der Waals surface area contributed by atoms with E-state index in [1.807, 2.05) is 0 Å². The molecule has 2 aromatic carbocycles. The average Bonchev–Trinajstić information content (AvgIpc) is 2.78. The van der Waals surface area contributed by atoms with E-state index in [-0.39, 0.29) is 48.1 Å². The second-order valence-corrected chi connectivity index (χ2v) is 8.49. The topological polar surface area (TPSA) is 85.4 Å². The number of para-hydroxylation sites is 1. The Bertz CT molecular complexity index is 1040. The van der Waals surface area contributed by atoms with Gasteiger partial charge in [0.2, 0.25) is 10.0 Å². The molecule has 11 heteroatoms. The first kappa shape index (κ1) is 22.8. The number of benzene rings is 2. The standard InChI is InChI=1S/C20H22F2N2O6S/c1-28-14-7-8-17(29-2)18(13-14)31(26,27)24-11-9-23(10-12-24)19(25)15-5-3-4-6-16(15)30-20(21)22/h3-8,13,20H,9-12H2,1-2H3. The third kappa shape index (κ3) is 4.88. The highest BCUT2D eigenvalue weighted by Crippen LogP contribution is 2.31. The first-order valence-corrected chi connectivity index (χ1v) is 10.8. The molecule has 0 saturated carbocycles. The zero-order valence-corrected chi connectivity index (χ0v) is 17.8. The molecule has 0 atom stereocenters. The second kappa shape index (κ2) is 9.48. The van der Waals surface area contributed by atoms with Crippen molar-refractivity contribution in [3.05, 3.63) is 48.0 Å². The molecule has 8 nitrogen and oxygen atoms in total. The van der Waals surface area contributed by atoms with Crippen LogP contribution in [0.1, 0.15) is 10.4 Å². The van der Waals surface area contributed by atoms with Gasteiger partial charge in [-0.15, -0.1) is 0 Å². The Labute approximate surface area is 179 Å². The quantitative estimate of drug-likeness (QED) is 0.636. The molecule has 1 aliphatic rings. The molecule has 2 aromatic rings. The number of halogens is 2. The van der Waals surface area contributed by atoms with Gasteiger partial charge in [-0.05, 0) is 24.3 Å². The maximum absolute atomic E-state index is 13.1. The van der Waals surface area contributed by atoms with Crippen LogP contribution < -0.4 is 14.2 Å². The van der Waals surface area contributed by atoms with Gasteiger partial charge in [0.05, 0.1) is 19.8 Å². The minimum atomic E-state index is -3.91. The third-order valence-corrected chi connectivity index (χ3v) is 6.77. The van der Waals surface area contributed by atoms with Gasteiger partial charge in [-0.3, -0.25) is 4.79 Å². The van der Waals surface area contributed by atoms with Gasteiger partial charge in [0.1, 0.15) is 22.1 Å². The highest BCUT2D eigenvalue weighted by Gasteiger charge is 2.33. The molecule has 168 valence electrons. The van der Waals surface area contributed by atoms with E-state index in [0.29, 0.717) is 5.75 Å². The van der Waals surface area contributed by atoms with Gasteiger partial charge in [-0.25, -0.2) is 8.42 Å². The first-order valence-electron chi connectivity index (χ1n) is 9.33. The Balaban J connectivity index is 1.76. The van der Waals surface area contributed by atoms with E-state index in [4.69, 9.17) is 9.47 Å². The number of carbonyl (C=O) groups is 1. The number of hydrogen-bond acceptors (Lipinski definition) is 6. The Morgan fingerprint density at radius 3 is 2.26 bits per heavy atom. The van der Waals surface area contributed by atoms with Gasteiger partial charge in [-0.1, -0.05) is 12.1 Å². The molecule has 0 unspecified atom stereocenters. The zero-order valence-electron chi connectivity index (χ0n) is 17.0. The number of carbonyl (C=O) groups excluding carboxylic acids is 1. The zero-order chi connectivity index (χ0) is 22.6. The van der Waals surface area contributed by atoms with Crippen molar-refractivity contribution in [3.63, 3.8) is 0 Å². The molecule has 0 aliphatic carbocycles. The lowest BCUT2D eigenvalue weighted by Crippen LogP contribution is -2.50. The molecule has 1 amide bonds. The molecule has 3 rings (SSSR count). The lowest BCUT2D eigenvalue weighted by atomic mass is 10.1. The van der Waals surface area contributed by atoms with Gasteiger partial charge < -0.3 is 19.1 Å². The van der Waals surface area contributed by atoms with Crippen molar-refractivity contribution in [1.82, 2.24) is 9.21 Å². The molecule has 1 saturated heterocycles. The van der Waals surface area contributed by atoms with E-state index in [0.717, 1.165) is 0 Å². The third-order valence-electron chi connectivity index (χ3n) is 4.85. The lowest BCUT2D eigenvalue weighted by molar-refractivity contribution is -0.0503. The Morgan fingerprint density at radius 1 is 0.968 bits per heavy atom. The van der Waals surface area contributed by atoms with Crippen LogP contribution in [0.3, 0.4) is 0 Å². The number of alkyl halides is 2. The number of methoxy groups -OCH3 is 2. The van der Waals surface area contributed by atoms with E-state index < -0.39 is 22.5 Å². The van der Waals surface area contributed by atoms with Crippen molar-refractivity contribution in [2.45, 2.75) is 11.5 Å². The number of hydrogen-bond donors (Lipinski definition) is 0. The summed E-state index contributed by atoms with van der Waals surface area (Å²) in [6.45, 7) is -2.81. The fraction of sp³-hybridized carbons (Fsp3) is 0.350. The summed E-state index contributed by atoms with van der Waals surface area (Å²) in [6, 6.07) is 10.2. The first-order chi connectivity index (χ1) is 14.8. The van der Waals surface area contributed by atoms with Crippen molar-refractivity contribution in [3.8, 4) is 17.2 Å². The summed E-state index contributed by atoms with van der Waals surface area (Å²) in [4.78, 5) is 14.2. The fourth-order valence-electron chi connectivity index (χ4n) is 3.27. The van der Waals surface area contributed by atoms with Gasteiger partial charge >= 0.3 is 6.61 Å². The smallest absolute Gasteiger partial charge is 0.387 e. The molecule has 0 spiro atoms. The molecule has 0 aromatic heterocycles. The van der Waals surface area contributed by atoms with Crippen LogP contribution in [0.15, 0.2) is 47.4 Å². The van der Waals surface area contributed by atoms with Crippen LogP contribution in [-0.4, -0.2) is 70.5 Å². The van der Waals surface area contributed by atoms with Crippen LogP contribution in [0.25, 0.3) is 0 Å². The minimum Gasteiger partial charge on any atom is -0.497 e. The summed E-state index contributed by atoms with van der Waals surface area (Å²) < 4.78 is 67.5. The minimum absolute atomic E-state index is 0.00595. The van der Waals surface area contributed by atoms with Crippen LogP contribution in [0.2, 0.25) is 0 Å². The molecular formula is C20H22F2N2O6S. The number of ether oxygens (including phenoxy) is 3. The molecule has 1 heterocycles. The molecule has 0 radical (unpaired) electrons. The normalized spacial score (nSPS) is 15.1. The monoisotopic (exact) mass is 456 g/mol. The van der Waals surface area contributed by atoms with Crippen molar-refractivity contribution in [2.75, 3.05) is 40.4 Å². The Hall–Kier alpha value is -2.92. The highest BCUT2D eigenvalue weighted by atomic mass is 32.2. The molecule has 1 fully saturated rings. The van der Waals surface area contributed by atoms with Crippen LogP contribution >= 0.6 is 0 Å². The van der Waals surface area contributed by atoms with Gasteiger partial charge in [-0.2, -0.15) is 13.1 Å². The fourth-order valence-corrected chi connectivity index (χ4v) is 4.86. The maximum Gasteiger partial charge on any atom is 0.387 e. The largest absolute Gasteiger partial charge is 0.497 e. The maximum atomic E-state index is 13.1. The van der Waals surface area contributed by atoms with E-state index in [1.165, 1.54) is 53.8 Å². The molecule has 1 aliphatic heterocycles. The summed E-state index contributed by atoms with van der Waals surface area (Å²) in [7, 11) is -1.11. The number of nitrogens with zero attached hydrogens (tertiary/aromatic N) is 2. The number of amides is 1. The Morgan fingerprint density at radius 2 is 1.65 bits per heavy atom. The summed E-state index contributed by atoms with van der Waals surface area (Å²) >= 11 is 0. The number of rotatable bonds is 7. The van der Waals surface area contributed by atoms with Gasteiger partial charge in [0.25, 0.3) is 5.91 Å². The SMILES string of the molecule is COc1ccc(OC)c(S(=O)(=O)N2CCN(C(=O)c3ccccc3OC(F)F)CC2)c1. The molecular weight excluding hydrogens is 434 g/mol. The molecule has 0 bridgehead atoms. The number of piperazine rings is 1. The lowest BCUT2D eigenvalue weighted by Gasteiger charge is -2.34. The number of sulfonamides is 1. The van der Waals surface area contributed by atoms with E-state index in [1.54, 1.807) is 12.1 Å². The average molecular weight is 456 g/mol. The van der Waals surface area contributed by atoms with Crippen molar-refractivity contribution < 1.29 is 36.2 Å². The summed E-state index contributed by atoms with van der Waals surface area (Å²) in [6.07, 6.45) is 0. The van der Waals surface area contributed by atoms with Crippen molar-refractivity contribution in [1.29, 1.82) is 0 Å². The van der Waals surface area contributed by atoms with E-state index in [2.05, 4.69) is 4.74 Å². The predicted molar refractivity (Wildman–Crippen MR) is 107 cm³/mol. The highest BCUT2D eigenvalue weighted by molar-refractivity contribution is 7.89. The van der Waals surface area contributed by atoms with Crippen LogP contribution in [0, 0.1) is 0 Å². The van der Waals surface area contributed by atoms with E-state index in [9.17, 15) is 22.0 Å². The predicted octanol–water partition coefficient (Wildman–Crippen LogP) is 2.45. The van der Waals surface area contributed by atoms with Crippen molar-refractivity contribution in [2.24, 2.45) is 0 Å². The van der Waals surface area contributed by atoms with E-state index >= 15 is 0 Å². The molecule has 31 heavy (non-hydrogen) atoms. The Kier molecular flexibility index (Phi) is 6.96. The van der Waals surface area contributed by atoms with Crippen molar-refractivity contribution >= 4 is 15.9 Å². The van der Waals surface area contributed by atoms with Crippen LogP contribution in [0.4, 0.5) is 8.78 Å².